The molecule has 3 nitrogen and oxygen atoms in total. The Labute approximate surface area is 113 Å². The summed E-state index contributed by atoms with van der Waals surface area (Å²) in [6.45, 7) is 4.59. The Morgan fingerprint density at radius 3 is 2.32 bits per heavy atom. The van der Waals surface area contributed by atoms with Crippen molar-refractivity contribution in [3.8, 4) is 5.75 Å². The first-order valence-electron chi connectivity index (χ1n) is 6.17. The summed E-state index contributed by atoms with van der Waals surface area (Å²) in [5.74, 6) is 0.797. The van der Waals surface area contributed by atoms with Crippen LogP contribution in [0.4, 0.5) is 0 Å². The van der Waals surface area contributed by atoms with Gasteiger partial charge in [0.1, 0.15) is 12.4 Å². The van der Waals surface area contributed by atoms with Crippen molar-refractivity contribution in [1.29, 1.82) is 0 Å². The van der Waals surface area contributed by atoms with Crippen molar-refractivity contribution >= 4 is 6.29 Å². The molecule has 3 heteroatoms. The number of benzene rings is 1. The molecule has 0 spiro atoms. The van der Waals surface area contributed by atoms with Gasteiger partial charge in [0.05, 0.1) is 0 Å². The summed E-state index contributed by atoms with van der Waals surface area (Å²) >= 11 is 0. The van der Waals surface area contributed by atoms with Gasteiger partial charge in [-0.2, -0.15) is 0 Å². The zero-order chi connectivity index (χ0) is 13.7. The average molecular weight is 254 g/mol. The molecule has 0 unspecified atom stereocenters. The number of carbonyl (C=O) groups excluding carboxylic acids is 1. The second kappa shape index (κ2) is 6.14. The van der Waals surface area contributed by atoms with Gasteiger partial charge in [0.15, 0.2) is 0 Å². The fraction of sp³-hybridized carbons (Fsp3) is 0.250. The Bertz CT molecular complexity index is 541. The van der Waals surface area contributed by atoms with Crippen LogP contribution < -0.4 is 4.74 Å². The van der Waals surface area contributed by atoms with Crippen LogP contribution in [0, 0.1) is 13.8 Å². The Hall–Kier alpha value is -2.16. The van der Waals surface area contributed by atoms with Crippen LogP contribution in [0.2, 0.25) is 0 Å². The molecule has 19 heavy (non-hydrogen) atoms. The van der Waals surface area contributed by atoms with E-state index in [2.05, 4.69) is 4.98 Å². The molecule has 0 fully saturated rings. The van der Waals surface area contributed by atoms with Crippen molar-refractivity contribution in [3.05, 3.63) is 58.9 Å². The Morgan fingerprint density at radius 1 is 1.11 bits per heavy atom. The monoisotopic (exact) mass is 254 g/mol. The van der Waals surface area contributed by atoms with Gasteiger partial charge in [-0.3, -0.25) is 9.78 Å². The number of aryl methyl sites for hydroxylation is 2. The summed E-state index contributed by atoms with van der Waals surface area (Å²) < 4.78 is 5.76. The van der Waals surface area contributed by atoms with Crippen LogP contribution in [0.5, 0.6) is 5.75 Å². The normalized spacial score (nSPS) is 10.2. The largest absolute Gasteiger partial charge is 0.489 e. The quantitative estimate of drug-likeness (QED) is 0.823. The molecule has 0 aliphatic heterocycles. The summed E-state index contributed by atoms with van der Waals surface area (Å²) in [6, 6.07) is 7.51. The second-order valence-corrected chi connectivity index (χ2v) is 4.51. The number of hydrogen-bond donors (Lipinski definition) is 0. The SMILES string of the molecule is Cc1cncc(C)c1COc1ccc(C[C]=O)cc1. The Morgan fingerprint density at radius 2 is 1.74 bits per heavy atom. The summed E-state index contributed by atoms with van der Waals surface area (Å²) in [5, 5.41) is 0. The number of ether oxygens (including phenoxy) is 1. The molecule has 1 radical (unpaired) electrons. The lowest BCUT2D eigenvalue weighted by atomic mass is 10.1. The van der Waals surface area contributed by atoms with Gasteiger partial charge in [-0.15, -0.1) is 0 Å². The lowest BCUT2D eigenvalue weighted by Gasteiger charge is -2.11. The first-order valence-corrected chi connectivity index (χ1v) is 6.17. The van der Waals surface area contributed by atoms with E-state index in [0.29, 0.717) is 13.0 Å². The van der Waals surface area contributed by atoms with Gasteiger partial charge in [-0.1, -0.05) is 12.1 Å². The van der Waals surface area contributed by atoms with E-state index in [1.165, 1.54) is 5.56 Å². The van der Waals surface area contributed by atoms with E-state index in [-0.39, 0.29) is 0 Å². The molecular weight excluding hydrogens is 238 g/mol. The highest BCUT2D eigenvalue weighted by Gasteiger charge is 2.04. The molecule has 0 aliphatic rings. The van der Waals surface area contributed by atoms with Crippen molar-refractivity contribution in [2.24, 2.45) is 0 Å². The third-order valence-electron chi connectivity index (χ3n) is 3.07. The van der Waals surface area contributed by atoms with E-state index in [9.17, 15) is 4.79 Å². The number of aromatic nitrogens is 1. The topological polar surface area (TPSA) is 39.2 Å². The highest BCUT2D eigenvalue weighted by Crippen LogP contribution is 2.17. The highest BCUT2D eigenvalue weighted by atomic mass is 16.5. The molecule has 2 rings (SSSR count). The minimum atomic E-state index is 0.322. The maximum atomic E-state index is 10.3. The minimum absolute atomic E-state index is 0.322. The number of hydrogen-bond acceptors (Lipinski definition) is 3. The average Bonchev–Trinajstić information content (AvgIpc) is 2.40. The number of pyridine rings is 1. The number of rotatable bonds is 5. The summed E-state index contributed by atoms with van der Waals surface area (Å²) in [7, 11) is 0. The van der Waals surface area contributed by atoms with Crippen LogP contribution in [-0.2, 0) is 17.8 Å². The molecular formula is C16H16NO2. The van der Waals surface area contributed by atoms with Crippen molar-refractivity contribution in [2.45, 2.75) is 26.9 Å². The van der Waals surface area contributed by atoms with E-state index >= 15 is 0 Å². The molecule has 1 aromatic carbocycles. The zero-order valence-electron chi connectivity index (χ0n) is 11.1. The van der Waals surface area contributed by atoms with Gasteiger partial charge in [-0.05, 0) is 48.2 Å². The highest BCUT2D eigenvalue weighted by molar-refractivity contribution is 5.55. The van der Waals surface area contributed by atoms with Crippen LogP contribution in [0.25, 0.3) is 0 Å². The summed E-state index contributed by atoms with van der Waals surface area (Å²) in [6.07, 6.45) is 5.88. The molecule has 97 valence electrons. The molecule has 1 heterocycles. The Kier molecular flexibility index (Phi) is 4.29. The van der Waals surface area contributed by atoms with E-state index < -0.39 is 0 Å². The smallest absolute Gasteiger partial charge is 0.203 e. The van der Waals surface area contributed by atoms with Crippen molar-refractivity contribution < 1.29 is 9.53 Å². The zero-order valence-corrected chi connectivity index (χ0v) is 11.1. The molecule has 0 saturated carbocycles. The van der Waals surface area contributed by atoms with Crippen LogP contribution in [0.15, 0.2) is 36.7 Å². The van der Waals surface area contributed by atoms with Crippen LogP contribution in [0.1, 0.15) is 22.3 Å². The first-order chi connectivity index (χ1) is 9.20. The third kappa shape index (κ3) is 3.41. The molecule has 0 saturated heterocycles. The van der Waals surface area contributed by atoms with Gasteiger partial charge >= 0.3 is 0 Å². The fourth-order valence-corrected chi connectivity index (χ4v) is 1.90. The molecule has 0 N–H and O–H groups in total. The molecule has 0 aliphatic carbocycles. The van der Waals surface area contributed by atoms with Gasteiger partial charge in [0.2, 0.25) is 6.29 Å². The summed E-state index contributed by atoms with van der Waals surface area (Å²) in [4.78, 5) is 14.4. The van der Waals surface area contributed by atoms with Crippen molar-refractivity contribution in [1.82, 2.24) is 4.98 Å². The maximum Gasteiger partial charge on any atom is 0.203 e. The molecule has 1 aromatic heterocycles. The molecule has 2 aromatic rings. The predicted octanol–water partition coefficient (Wildman–Crippen LogP) is 2.93. The van der Waals surface area contributed by atoms with E-state index in [4.69, 9.17) is 4.74 Å². The first kappa shape index (κ1) is 13.3. The predicted molar refractivity (Wildman–Crippen MR) is 73.9 cm³/mol. The van der Waals surface area contributed by atoms with Crippen molar-refractivity contribution in [2.75, 3.05) is 0 Å². The summed E-state index contributed by atoms with van der Waals surface area (Å²) in [5.41, 5.74) is 4.37. The fourth-order valence-electron chi connectivity index (χ4n) is 1.90. The molecule has 0 amide bonds. The standard InChI is InChI=1S/C16H16NO2/c1-12-9-17-10-13(2)16(12)11-19-15-5-3-14(4-6-15)7-8-18/h3-6,9-10H,7,11H2,1-2H3. The third-order valence-corrected chi connectivity index (χ3v) is 3.07. The molecule has 0 bridgehead atoms. The maximum absolute atomic E-state index is 10.3. The number of nitrogens with zero attached hydrogens (tertiary/aromatic N) is 1. The van der Waals surface area contributed by atoms with Crippen LogP contribution in [-0.4, -0.2) is 11.3 Å². The van der Waals surface area contributed by atoms with Gasteiger partial charge in [0, 0.05) is 18.8 Å². The molecule has 0 atom stereocenters. The van der Waals surface area contributed by atoms with Gasteiger partial charge in [-0.25, -0.2) is 0 Å². The minimum Gasteiger partial charge on any atom is -0.489 e. The van der Waals surface area contributed by atoms with E-state index in [1.807, 2.05) is 56.8 Å². The van der Waals surface area contributed by atoms with E-state index in [1.54, 1.807) is 0 Å². The van der Waals surface area contributed by atoms with Crippen LogP contribution in [0.3, 0.4) is 0 Å². The lowest BCUT2D eigenvalue weighted by Crippen LogP contribution is -2.01. The van der Waals surface area contributed by atoms with Crippen molar-refractivity contribution in [3.63, 3.8) is 0 Å². The van der Waals surface area contributed by atoms with Crippen LogP contribution >= 0.6 is 0 Å². The van der Waals surface area contributed by atoms with Gasteiger partial charge < -0.3 is 4.74 Å². The van der Waals surface area contributed by atoms with E-state index in [0.717, 1.165) is 22.4 Å². The second-order valence-electron chi connectivity index (χ2n) is 4.51. The Balaban J connectivity index is 2.04. The van der Waals surface area contributed by atoms with Gasteiger partial charge in [0.25, 0.3) is 0 Å². The lowest BCUT2D eigenvalue weighted by molar-refractivity contribution is 0.304.